The molecule has 1 aromatic heterocycles. The third kappa shape index (κ3) is 3.06. The summed E-state index contributed by atoms with van der Waals surface area (Å²) in [6, 6.07) is 14.6. The van der Waals surface area contributed by atoms with Crippen LogP contribution in [0.3, 0.4) is 0 Å². The Balaban J connectivity index is 2.02. The van der Waals surface area contributed by atoms with Crippen LogP contribution in [0.25, 0.3) is 10.9 Å². The van der Waals surface area contributed by atoms with Crippen molar-refractivity contribution in [2.24, 2.45) is 0 Å². The van der Waals surface area contributed by atoms with Crippen LogP contribution in [0, 0.1) is 0 Å². The second-order valence-corrected chi connectivity index (χ2v) is 6.70. The third-order valence-corrected chi connectivity index (χ3v) is 3.85. The normalized spacial score (nSPS) is 11.5. The molecular formula is C19H19N3O2. The molecule has 1 amide bonds. The van der Waals surface area contributed by atoms with E-state index in [4.69, 9.17) is 0 Å². The van der Waals surface area contributed by atoms with Gasteiger partial charge in [0, 0.05) is 11.1 Å². The van der Waals surface area contributed by atoms with E-state index < -0.39 is 5.91 Å². The molecule has 5 nitrogen and oxygen atoms in total. The molecule has 0 saturated carbocycles. The summed E-state index contributed by atoms with van der Waals surface area (Å²) in [6.45, 7) is 6.26. The van der Waals surface area contributed by atoms with E-state index in [1.54, 1.807) is 12.1 Å². The minimum Gasteiger partial charge on any atom is -0.505 e. The van der Waals surface area contributed by atoms with Gasteiger partial charge < -0.3 is 10.4 Å². The van der Waals surface area contributed by atoms with Crippen LogP contribution in [-0.2, 0) is 5.41 Å². The van der Waals surface area contributed by atoms with Gasteiger partial charge in [-0.15, -0.1) is 10.2 Å². The number of amides is 1. The number of nitrogens with one attached hydrogen (secondary N) is 1. The van der Waals surface area contributed by atoms with Crippen LogP contribution >= 0.6 is 0 Å². The van der Waals surface area contributed by atoms with Gasteiger partial charge in [-0.1, -0.05) is 45.0 Å². The molecule has 0 aliphatic carbocycles. The molecule has 24 heavy (non-hydrogen) atoms. The maximum atomic E-state index is 12.4. The van der Waals surface area contributed by atoms with Gasteiger partial charge in [0.15, 0.2) is 11.4 Å². The highest BCUT2D eigenvalue weighted by atomic mass is 16.3. The Hall–Kier alpha value is -2.95. The van der Waals surface area contributed by atoms with Gasteiger partial charge in [-0.2, -0.15) is 0 Å². The first-order valence-electron chi connectivity index (χ1n) is 7.72. The number of nitrogens with zero attached hydrogens (tertiary/aromatic N) is 2. The van der Waals surface area contributed by atoms with Gasteiger partial charge in [0.2, 0.25) is 0 Å². The van der Waals surface area contributed by atoms with E-state index in [-0.39, 0.29) is 16.9 Å². The Morgan fingerprint density at radius 3 is 2.42 bits per heavy atom. The number of aromatic hydroxyl groups is 1. The molecule has 0 radical (unpaired) electrons. The van der Waals surface area contributed by atoms with Crippen LogP contribution in [0.15, 0.2) is 48.5 Å². The Bertz CT molecular complexity index is 900. The predicted molar refractivity (Wildman–Crippen MR) is 94.3 cm³/mol. The molecular weight excluding hydrogens is 302 g/mol. The summed E-state index contributed by atoms with van der Waals surface area (Å²) < 4.78 is 0. The van der Waals surface area contributed by atoms with Crippen LogP contribution in [0.4, 0.5) is 5.69 Å². The number of anilines is 1. The Morgan fingerprint density at radius 1 is 1.04 bits per heavy atom. The lowest BCUT2D eigenvalue weighted by atomic mass is 9.86. The zero-order valence-electron chi connectivity index (χ0n) is 13.9. The van der Waals surface area contributed by atoms with Crippen molar-refractivity contribution < 1.29 is 9.90 Å². The van der Waals surface area contributed by atoms with E-state index in [1.807, 2.05) is 36.4 Å². The molecule has 0 atom stereocenters. The van der Waals surface area contributed by atoms with Gasteiger partial charge in [-0.05, 0) is 35.2 Å². The van der Waals surface area contributed by atoms with E-state index in [0.717, 1.165) is 5.56 Å². The first-order valence-corrected chi connectivity index (χ1v) is 7.72. The second kappa shape index (κ2) is 5.92. The number of benzene rings is 2. The molecule has 2 aromatic carbocycles. The van der Waals surface area contributed by atoms with Crippen molar-refractivity contribution in [1.82, 2.24) is 10.2 Å². The number of rotatable bonds is 2. The number of para-hydroxylation sites is 1. The minimum atomic E-state index is -0.491. The fourth-order valence-corrected chi connectivity index (χ4v) is 2.42. The Labute approximate surface area is 140 Å². The second-order valence-electron chi connectivity index (χ2n) is 6.70. The molecule has 3 rings (SSSR count). The maximum Gasteiger partial charge on any atom is 0.280 e. The molecule has 0 spiro atoms. The lowest BCUT2D eigenvalue weighted by Crippen LogP contribution is -2.15. The number of hydrogen-bond acceptors (Lipinski definition) is 4. The summed E-state index contributed by atoms with van der Waals surface area (Å²) in [4.78, 5) is 12.4. The average Bonchev–Trinajstić information content (AvgIpc) is 2.55. The van der Waals surface area contributed by atoms with Crippen molar-refractivity contribution in [3.8, 4) is 5.75 Å². The lowest BCUT2D eigenvalue weighted by Gasteiger charge is -2.19. The van der Waals surface area contributed by atoms with Gasteiger partial charge in [-0.3, -0.25) is 4.79 Å². The van der Waals surface area contributed by atoms with Crippen LogP contribution in [0.5, 0.6) is 5.75 Å². The van der Waals surface area contributed by atoms with Crippen LogP contribution in [0.2, 0.25) is 0 Å². The van der Waals surface area contributed by atoms with Crippen molar-refractivity contribution in [3.05, 3.63) is 59.8 Å². The molecule has 1 heterocycles. The molecule has 0 saturated heterocycles. The zero-order valence-corrected chi connectivity index (χ0v) is 13.9. The van der Waals surface area contributed by atoms with Gasteiger partial charge in [0.1, 0.15) is 0 Å². The predicted octanol–water partition coefficient (Wildman–Crippen LogP) is 3.89. The summed E-state index contributed by atoms with van der Waals surface area (Å²) in [5.74, 6) is -0.645. The monoisotopic (exact) mass is 321 g/mol. The molecule has 5 heteroatoms. The summed E-state index contributed by atoms with van der Waals surface area (Å²) >= 11 is 0. The van der Waals surface area contributed by atoms with E-state index in [2.05, 4.69) is 36.3 Å². The number of fused-ring (bicyclic) bond motifs is 1. The zero-order chi connectivity index (χ0) is 17.3. The fraction of sp³-hybridized carbons (Fsp3) is 0.211. The van der Waals surface area contributed by atoms with Crippen molar-refractivity contribution in [2.75, 3.05) is 5.32 Å². The number of aromatic nitrogens is 2. The van der Waals surface area contributed by atoms with Crippen molar-refractivity contribution >= 4 is 22.5 Å². The van der Waals surface area contributed by atoms with Gasteiger partial charge in [-0.25, -0.2) is 0 Å². The van der Waals surface area contributed by atoms with Crippen LogP contribution in [0.1, 0.15) is 36.8 Å². The van der Waals surface area contributed by atoms with Crippen molar-refractivity contribution in [2.45, 2.75) is 26.2 Å². The van der Waals surface area contributed by atoms with Gasteiger partial charge >= 0.3 is 0 Å². The molecule has 0 fully saturated rings. The number of hydrogen-bond donors (Lipinski definition) is 2. The molecule has 122 valence electrons. The third-order valence-electron chi connectivity index (χ3n) is 3.85. The number of carbonyl (C=O) groups is 1. The first-order chi connectivity index (χ1) is 11.4. The number of carbonyl (C=O) groups excluding carboxylic acids is 1. The van der Waals surface area contributed by atoms with Crippen LogP contribution in [-0.4, -0.2) is 21.2 Å². The Morgan fingerprint density at radius 2 is 1.75 bits per heavy atom. The highest BCUT2D eigenvalue weighted by Gasteiger charge is 2.20. The first kappa shape index (κ1) is 15.9. The molecule has 3 aromatic rings. The van der Waals surface area contributed by atoms with Crippen LogP contribution < -0.4 is 5.32 Å². The molecule has 2 N–H and O–H groups in total. The van der Waals surface area contributed by atoms with E-state index in [9.17, 15) is 9.90 Å². The van der Waals surface area contributed by atoms with E-state index >= 15 is 0 Å². The standard InChI is InChI=1S/C19H19N3O2/c1-19(2,3)12-9-10-15-14(11-12)17(23)16(22-21-15)18(24)20-13-7-5-4-6-8-13/h4-11H,1-3H3,(H,20,24)(H,21,23). The summed E-state index contributed by atoms with van der Waals surface area (Å²) in [5, 5.41) is 21.7. The lowest BCUT2D eigenvalue weighted by molar-refractivity contribution is 0.101. The van der Waals surface area contributed by atoms with E-state index in [0.29, 0.717) is 16.6 Å². The SMILES string of the molecule is CC(C)(C)c1ccc2nnc(C(=O)Nc3ccccc3)c(O)c2c1. The summed E-state index contributed by atoms with van der Waals surface area (Å²) in [5.41, 5.74) is 2.07. The van der Waals surface area contributed by atoms with Crippen molar-refractivity contribution in [1.29, 1.82) is 0 Å². The summed E-state index contributed by atoms with van der Waals surface area (Å²) in [7, 11) is 0. The van der Waals surface area contributed by atoms with Gasteiger partial charge in [0.05, 0.1) is 5.52 Å². The Kier molecular flexibility index (Phi) is 3.93. The molecule has 0 unspecified atom stereocenters. The maximum absolute atomic E-state index is 12.4. The van der Waals surface area contributed by atoms with E-state index in [1.165, 1.54) is 0 Å². The highest BCUT2D eigenvalue weighted by Crippen LogP contribution is 2.31. The van der Waals surface area contributed by atoms with Gasteiger partial charge in [0.25, 0.3) is 5.91 Å². The fourth-order valence-electron chi connectivity index (χ4n) is 2.42. The largest absolute Gasteiger partial charge is 0.505 e. The topological polar surface area (TPSA) is 75.1 Å². The van der Waals surface area contributed by atoms with Crippen molar-refractivity contribution in [3.63, 3.8) is 0 Å². The molecule has 0 bridgehead atoms. The smallest absolute Gasteiger partial charge is 0.280 e. The minimum absolute atomic E-state index is 0.0731. The highest BCUT2D eigenvalue weighted by molar-refractivity contribution is 6.07. The molecule has 0 aliphatic heterocycles. The quantitative estimate of drug-likeness (QED) is 0.751. The molecule has 0 aliphatic rings. The average molecular weight is 321 g/mol. The summed E-state index contributed by atoms with van der Waals surface area (Å²) in [6.07, 6.45) is 0.